The summed E-state index contributed by atoms with van der Waals surface area (Å²) >= 11 is 0. The number of esters is 1. The van der Waals surface area contributed by atoms with Gasteiger partial charge in [0.05, 0.1) is 24.9 Å². The maximum atomic E-state index is 12.2. The van der Waals surface area contributed by atoms with Crippen molar-refractivity contribution in [2.24, 2.45) is 0 Å². The molecule has 0 saturated heterocycles. The highest BCUT2D eigenvalue weighted by atomic mass is 16.5. The van der Waals surface area contributed by atoms with Crippen LogP contribution in [0, 0.1) is 0 Å². The van der Waals surface area contributed by atoms with Gasteiger partial charge in [-0.2, -0.15) is 5.10 Å². The molecule has 8 heteroatoms. The molecule has 0 aliphatic rings. The minimum Gasteiger partial charge on any atom is -0.464 e. The summed E-state index contributed by atoms with van der Waals surface area (Å²) < 4.78 is 7.95. The van der Waals surface area contributed by atoms with E-state index >= 15 is 0 Å². The van der Waals surface area contributed by atoms with Crippen molar-refractivity contribution in [3.63, 3.8) is 0 Å². The molecule has 2 aromatic heterocycles. The van der Waals surface area contributed by atoms with Crippen LogP contribution in [0.2, 0.25) is 0 Å². The van der Waals surface area contributed by atoms with Crippen LogP contribution < -0.4 is 5.56 Å². The topological polar surface area (TPSA) is 91.9 Å². The van der Waals surface area contributed by atoms with Crippen LogP contribution in [0.4, 0.5) is 0 Å². The van der Waals surface area contributed by atoms with Gasteiger partial charge in [-0.15, -0.1) is 5.10 Å². The third-order valence-corrected chi connectivity index (χ3v) is 3.30. The molecule has 0 fully saturated rings. The highest BCUT2D eigenvalue weighted by Crippen LogP contribution is 2.03. The highest BCUT2D eigenvalue weighted by molar-refractivity contribution is 5.76. The molecule has 0 atom stereocenters. The van der Waals surface area contributed by atoms with Crippen molar-refractivity contribution in [1.82, 2.24) is 24.8 Å². The summed E-state index contributed by atoms with van der Waals surface area (Å²) in [4.78, 5) is 23.9. The number of rotatable bonds is 6. The fraction of sp³-hybridized carbons (Fsp3) is 0.267. The van der Waals surface area contributed by atoms with Gasteiger partial charge in [-0.3, -0.25) is 14.3 Å². The number of carbonyl (C=O) groups excluding carboxylic acids is 1. The Balaban J connectivity index is 1.54. The number of benzene rings is 1. The van der Waals surface area contributed by atoms with Gasteiger partial charge in [0.25, 0.3) is 5.56 Å². The van der Waals surface area contributed by atoms with Gasteiger partial charge in [-0.1, -0.05) is 17.3 Å². The van der Waals surface area contributed by atoms with Gasteiger partial charge >= 0.3 is 5.97 Å². The van der Waals surface area contributed by atoms with E-state index in [1.54, 1.807) is 47.4 Å². The molecule has 118 valence electrons. The van der Waals surface area contributed by atoms with Gasteiger partial charge in [0.1, 0.15) is 12.1 Å². The molecule has 0 radical (unpaired) electrons. The number of ether oxygens (including phenoxy) is 1. The van der Waals surface area contributed by atoms with E-state index in [4.69, 9.17) is 4.74 Å². The lowest BCUT2D eigenvalue weighted by Gasteiger charge is -2.06. The lowest BCUT2D eigenvalue weighted by molar-refractivity contribution is -0.144. The van der Waals surface area contributed by atoms with E-state index in [0.717, 1.165) is 0 Å². The van der Waals surface area contributed by atoms with E-state index in [2.05, 4.69) is 15.4 Å². The molecule has 1 aromatic carbocycles. The second kappa shape index (κ2) is 6.82. The maximum Gasteiger partial charge on any atom is 0.307 e. The van der Waals surface area contributed by atoms with Gasteiger partial charge in [0, 0.05) is 12.4 Å². The van der Waals surface area contributed by atoms with E-state index in [-0.39, 0.29) is 31.1 Å². The Morgan fingerprint density at radius 3 is 2.87 bits per heavy atom. The molecule has 0 amide bonds. The second-order valence-electron chi connectivity index (χ2n) is 4.87. The van der Waals surface area contributed by atoms with Crippen molar-refractivity contribution < 1.29 is 9.53 Å². The molecule has 3 aromatic rings. The third-order valence-electron chi connectivity index (χ3n) is 3.30. The van der Waals surface area contributed by atoms with Crippen LogP contribution >= 0.6 is 0 Å². The summed E-state index contributed by atoms with van der Waals surface area (Å²) in [7, 11) is 0. The van der Waals surface area contributed by atoms with E-state index < -0.39 is 0 Å². The minimum absolute atomic E-state index is 0.0615. The van der Waals surface area contributed by atoms with Crippen LogP contribution in [0.25, 0.3) is 10.9 Å². The molecule has 0 N–H and O–H groups in total. The summed E-state index contributed by atoms with van der Waals surface area (Å²) in [5.74, 6) is -0.390. The Labute approximate surface area is 131 Å². The molecule has 0 aliphatic heterocycles. The summed E-state index contributed by atoms with van der Waals surface area (Å²) in [5, 5.41) is 12.3. The van der Waals surface area contributed by atoms with E-state index in [9.17, 15) is 9.59 Å². The lowest BCUT2D eigenvalue weighted by Crippen LogP contribution is -2.26. The standard InChI is InChI=1S/C15H15N5O3/c21-14(23-11-10-19-8-3-7-16-19)6-9-20-15(22)12-4-1-2-5-13(12)17-18-20/h1-5,7-8H,6,9-11H2. The molecule has 0 saturated carbocycles. The molecular formula is C15H15N5O3. The van der Waals surface area contributed by atoms with Gasteiger partial charge < -0.3 is 4.74 Å². The first-order chi connectivity index (χ1) is 11.2. The summed E-state index contributed by atoms with van der Waals surface area (Å²) in [6, 6.07) is 8.76. The molecule has 8 nitrogen and oxygen atoms in total. The molecule has 0 unspecified atom stereocenters. The van der Waals surface area contributed by atoms with Crippen LogP contribution in [-0.4, -0.2) is 37.4 Å². The first-order valence-electron chi connectivity index (χ1n) is 7.19. The van der Waals surface area contributed by atoms with Crippen LogP contribution in [0.15, 0.2) is 47.5 Å². The number of hydrogen-bond acceptors (Lipinski definition) is 6. The predicted octanol–water partition coefficient (Wildman–Crippen LogP) is 0.621. The Morgan fingerprint density at radius 2 is 2.04 bits per heavy atom. The molecule has 0 aliphatic carbocycles. The van der Waals surface area contributed by atoms with Crippen molar-refractivity contribution >= 4 is 16.9 Å². The van der Waals surface area contributed by atoms with Crippen LogP contribution in [0.3, 0.4) is 0 Å². The van der Waals surface area contributed by atoms with Crippen molar-refractivity contribution in [1.29, 1.82) is 0 Å². The summed E-state index contributed by atoms with van der Waals surface area (Å²) in [6.07, 6.45) is 3.51. The monoisotopic (exact) mass is 313 g/mol. The SMILES string of the molecule is O=C(CCn1nnc2ccccc2c1=O)OCCn1cccn1. The molecule has 0 spiro atoms. The second-order valence-corrected chi connectivity index (χ2v) is 4.87. The number of carbonyl (C=O) groups is 1. The molecule has 2 heterocycles. The Hall–Kier alpha value is -3.03. The van der Waals surface area contributed by atoms with Crippen LogP contribution in [0.5, 0.6) is 0 Å². The fourth-order valence-electron chi connectivity index (χ4n) is 2.12. The first-order valence-corrected chi connectivity index (χ1v) is 7.19. The summed E-state index contributed by atoms with van der Waals surface area (Å²) in [5.41, 5.74) is 0.274. The third kappa shape index (κ3) is 3.60. The van der Waals surface area contributed by atoms with Gasteiger partial charge in [-0.05, 0) is 18.2 Å². The molecule has 0 bridgehead atoms. The number of aromatic nitrogens is 5. The van der Waals surface area contributed by atoms with E-state index in [1.807, 2.05) is 0 Å². The zero-order chi connectivity index (χ0) is 16.1. The quantitative estimate of drug-likeness (QED) is 0.620. The van der Waals surface area contributed by atoms with E-state index in [0.29, 0.717) is 17.4 Å². The molecule has 3 rings (SSSR count). The average Bonchev–Trinajstić information content (AvgIpc) is 3.08. The van der Waals surface area contributed by atoms with Crippen molar-refractivity contribution in [2.75, 3.05) is 6.61 Å². The molecular weight excluding hydrogens is 298 g/mol. The van der Waals surface area contributed by atoms with Crippen LogP contribution in [0.1, 0.15) is 6.42 Å². The normalized spacial score (nSPS) is 10.8. The van der Waals surface area contributed by atoms with E-state index in [1.165, 1.54) is 4.68 Å². The van der Waals surface area contributed by atoms with Crippen LogP contribution in [-0.2, 0) is 22.6 Å². The number of aryl methyl sites for hydroxylation is 1. The smallest absolute Gasteiger partial charge is 0.307 e. The van der Waals surface area contributed by atoms with Gasteiger partial charge in [0.15, 0.2) is 0 Å². The number of fused-ring (bicyclic) bond motifs is 1. The van der Waals surface area contributed by atoms with Crippen molar-refractivity contribution in [2.45, 2.75) is 19.5 Å². The zero-order valence-corrected chi connectivity index (χ0v) is 12.3. The number of hydrogen-bond donors (Lipinski definition) is 0. The first kappa shape index (κ1) is 14.9. The van der Waals surface area contributed by atoms with Crippen molar-refractivity contribution in [3.8, 4) is 0 Å². The maximum absolute atomic E-state index is 12.2. The minimum atomic E-state index is -0.390. The average molecular weight is 313 g/mol. The predicted molar refractivity (Wildman–Crippen MR) is 81.6 cm³/mol. The summed E-state index contributed by atoms with van der Waals surface area (Å²) in [6.45, 7) is 0.866. The largest absolute Gasteiger partial charge is 0.464 e. The zero-order valence-electron chi connectivity index (χ0n) is 12.3. The van der Waals surface area contributed by atoms with Crippen molar-refractivity contribution in [3.05, 3.63) is 53.1 Å². The van der Waals surface area contributed by atoms with Gasteiger partial charge in [0.2, 0.25) is 0 Å². The number of nitrogens with zero attached hydrogens (tertiary/aromatic N) is 5. The Morgan fingerprint density at radius 1 is 1.17 bits per heavy atom. The lowest BCUT2D eigenvalue weighted by atomic mass is 10.2. The Kier molecular flexibility index (Phi) is 4.41. The Bertz CT molecular complexity index is 857. The van der Waals surface area contributed by atoms with Gasteiger partial charge in [-0.25, -0.2) is 4.68 Å². The highest BCUT2D eigenvalue weighted by Gasteiger charge is 2.08. The molecule has 23 heavy (non-hydrogen) atoms. The fourth-order valence-corrected chi connectivity index (χ4v) is 2.12.